The summed E-state index contributed by atoms with van der Waals surface area (Å²) in [5.41, 5.74) is 1.52. The molecule has 0 amide bonds. The van der Waals surface area contributed by atoms with Crippen molar-refractivity contribution in [1.29, 1.82) is 0 Å². The summed E-state index contributed by atoms with van der Waals surface area (Å²) in [4.78, 5) is 0. The first kappa shape index (κ1) is 25.6. The summed E-state index contributed by atoms with van der Waals surface area (Å²) in [6.07, 6.45) is 2.84. The van der Waals surface area contributed by atoms with Crippen molar-refractivity contribution in [2.45, 2.75) is 44.7 Å². The smallest absolute Gasteiger partial charge is 1.00 e. The average molecular weight is 422 g/mol. The van der Waals surface area contributed by atoms with Crippen LogP contribution in [0.5, 0.6) is 0 Å². The van der Waals surface area contributed by atoms with Crippen molar-refractivity contribution in [2.24, 2.45) is 0 Å². The summed E-state index contributed by atoms with van der Waals surface area (Å²) >= 11 is 0. The van der Waals surface area contributed by atoms with Crippen LogP contribution < -0.4 is 47.6 Å². The molecule has 124 valence electrons. The summed E-state index contributed by atoms with van der Waals surface area (Å²) < 4.78 is 0. The molecule has 1 saturated heterocycles. The third-order valence-electron chi connectivity index (χ3n) is 4.78. The molecule has 0 saturated carbocycles. The van der Waals surface area contributed by atoms with Gasteiger partial charge >= 0.3 is 21.7 Å². The van der Waals surface area contributed by atoms with Crippen molar-refractivity contribution in [3.63, 3.8) is 0 Å². The van der Waals surface area contributed by atoms with Gasteiger partial charge in [-0.15, -0.1) is 0 Å². The maximum Gasteiger partial charge on any atom is 4.00 e. The van der Waals surface area contributed by atoms with Crippen LogP contribution in [-0.2, 0) is 21.7 Å². The Morgan fingerprint density at radius 2 is 1.48 bits per heavy atom. The van der Waals surface area contributed by atoms with Crippen LogP contribution in [0.1, 0.15) is 38.2 Å². The van der Waals surface area contributed by atoms with Gasteiger partial charge in [0.15, 0.2) is 0 Å². The zero-order chi connectivity index (χ0) is 13.3. The standard InChI is InChI=1S/C18H23Si.3ClH.Ti/c1-15(2)16-10-11-18(14-16)19(12-6-7-13-19)17-8-4-3-5-9-17;;;;/h3-5,8-11,14-15H,6-7,12-13H2,1-2H3;3*1H;/q-1;;;;+4/p-3. The molecule has 0 bridgehead atoms. The topological polar surface area (TPSA) is 0 Å². The van der Waals surface area contributed by atoms with Crippen molar-refractivity contribution in [3.05, 3.63) is 54.1 Å². The molecule has 1 fully saturated rings. The van der Waals surface area contributed by atoms with E-state index in [0.717, 1.165) is 0 Å². The van der Waals surface area contributed by atoms with Crippen LogP contribution in [-0.4, -0.2) is 8.07 Å². The van der Waals surface area contributed by atoms with Crippen molar-refractivity contribution in [2.75, 3.05) is 0 Å². The fraction of sp³-hybridized carbons (Fsp3) is 0.389. The summed E-state index contributed by atoms with van der Waals surface area (Å²) in [6, 6.07) is 21.5. The number of hydrogen-bond acceptors (Lipinski definition) is 0. The van der Waals surface area contributed by atoms with Gasteiger partial charge in [0.2, 0.25) is 0 Å². The molecule has 0 aliphatic carbocycles. The molecule has 0 nitrogen and oxygen atoms in total. The zero-order valence-corrected chi connectivity index (χ0v) is 18.5. The Morgan fingerprint density at radius 1 is 0.913 bits per heavy atom. The van der Waals surface area contributed by atoms with Gasteiger partial charge in [-0.1, -0.05) is 80.2 Å². The Hall–Kier alpha value is 0.371. The fourth-order valence-corrected chi connectivity index (χ4v) is 8.72. The van der Waals surface area contributed by atoms with Gasteiger partial charge in [-0.25, -0.2) is 6.07 Å². The second kappa shape index (κ2) is 11.1. The van der Waals surface area contributed by atoms with Crippen molar-refractivity contribution < 1.29 is 58.9 Å². The molecule has 1 aliphatic heterocycles. The molecule has 2 aromatic carbocycles. The van der Waals surface area contributed by atoms with Crippen LogP contribution in [0.25, 0.3) is 0 Å². The minimum atomic E-state index is -1.41. The first-order valence-corrected chi connectivity index (χ1v) is 9.96. The number of rotatable bonds is 3. The molecule has 23 heavy (non-hydrogen) atoms. The SMILES string of the molecule is CC(C)c1cc[c-]([Si]2(c3ccccc3)CCCC2)c1.[Cl-].[Cl-].[Cl-].[Ti+4]. The van der Waals surface area contributed by atoms with Crippen molar-refractivity contribution in [1.82, 2.24) is 0 Å². The van der Waals surface area contributed by atoms with Gasteiger partial charge in [0.1, 0.15) is 0 Å². The van der Waals surface area contributed by atoms with E-state index in [1.54, 1.807) is 10.4 Å². The van der Waals surface area contributed by atoms with Gasteiger partial charge in [-0.3, -0.25) is 0 Å². The van der Waals surface area contributed by atoms with Crippen LogP contribution in [0.4, 0.5) is 0 Å². The largest absolute Gasteiger partial charge is 4.00 e. The van der Waals surface area contributed by atoms with Gasteiger partial charge < -0.3 is 37.2 Å². The van der Waals surface area contributed by atoms with E-state index in [1.807, 2.05) is 0 Å². The van der Waals surface area contributed by atoms with Crippen molar-refractivity contribution >= 4 is 18.4 Å². The Balaban J connectivity index is 0. The quantitative estimate of drug-likeness (QED) is 0.344. The summed E-state index contributed by atoms with van der Waals surface area (Å²) in [5, 5.41) is 3.33. The third kappa shape index (κ3) is 5.17. The van der Waals surface area contributed by atoms with Gasteiger partial charge in [0.05, 0.1) is 8.07 Å². The molecule has 0 radical (unpaired) electrons. The van der Waals surface area contributed by atoms with E-state index >= 15 is 0 Å². The molecule has 0 atom stereocenters. The van der Waals surface area contributed by atoms with Crippen LogP contribution in [0.3, 0.4) is 0 Å². The van der Waals surface area contributed by atoms with Gasteiger partial charge in [-0.2, -0.15) is 22.9 Å². The molecule has 0 spiro atoms. The molecule has 3 rings (SSSR count). The summed E-state index contributed by atoms with van der Waals surface area (Å²) in [6.45, 7) is 4.59. The van der Waals surface area contributed by atoms with E-state index in [2.05, 4.69) is 62.4 Å². The molecule has 5 heteroatoms. The van der Waals surface area contributed by atoms with Crippen molar-refractivity contribution in [3.8, 4) is 0 Å². The molecular formula is C18H23Cl3SiTi. The minimum absolute atomic E-state index is 0. The van der Waals surface area contributed by atoms with Crippen LogP contribution in [0.15, 0.2) is 48.5 Å². The van der Waals surface area contributed by atoms with Gasteiger partial charge in [-0.05, 0) is 0 Å². The second-order valence-electron chi connectivity index (χ2n) is 6.24. The zero-order valence-electron chi connectivity index (χ0n) is 13.7. The first-order chi connectivity index (χ1) is 9.22. The molecule has 1 heterocycles. The summed E-state index contributed by atoms with van der Waals surface area (Å²) in [7, 11) is -1.41. The molecule has 0 N–H and O–H groups in total. The number of hydrogen-bond donors (Lipinski definition) is 0. The second-order valence-corrected chi connectivity index (χ2v) is 10.6. The van der Waals surface area contributed by atoms with E-state index < -0.39 is 8.07 Å². The van der Waals surface area contributed by atoms with E-state index in [-0.39, 0.29) is 58.9 Å². The number of halogens is 3. The normalized spacial score (nSPS) is 14.9. The third-order valence-corrected chi connectivity index (χ3v) is 10.0. The van der Waals surface area contributed by atoms with E-state index in [0.29, 0.717) is 5.92 Å². The van der Waals surface area contributed by atoms with Crippen LogP contribution in [0, 0.1) is 0 Å². The van der Waals surface area contributed by atoms with Crippen LogP contribution in [0.2, 0.25) is 12.1 Å². The molecule has 0 unspecified atom stereocenters. The average Bonchev–Trinajstić information content (AvgIpc) is 3.09. The van der Waals surface area contributed by atoms with Gasteiger partial charge in [0, 0.05) is 0 Å². The first-order valence-electron chi connectivity index (χ1n) is 7.55. The molecule has 1 aliphatic rings. The molecule has 2 aromatic rings. The maximum atomic E-state index is 2.51. The van der Waals surface area contributed by atoms with E-state index in [4.69, 9.17) is 0 Å². The minimum Gasteiger partial charge on any atom is -1.00 e. The Kier molecular flexibility index (Phi) is 12.3. The molecule has 0 aromatic heterocycles. The molecular weight excluding hydrogens is 399 g/mol. The Labute approximate surface area is 175 Å². The van der Waals surface area contributed by atoms with E-state index in [1.165, 1.54) is 30.5 Å². The fourth-order valence-electron chi connectivity index (χ4n) is 3.60. The Bertz CT molecular complexity index is 548. The monoisotopic (exact) mass is 420 g/mol. The van der Waals surface area contributed by atoms with Crippen LogP contribution >= 0.6 is 0 Å². The van der Waals surface area contributed by atoms with Gasteiger partial charge in [0.25, 0.3) is 0 Å². The summed E-state index contributed by atoms with van der Waals surface area (Å²) in [5.74, 6) is 0.650. The number of benzene rings is 1. The predicted octanol–water partition coefficient (Wildman–Crippen LogP) is -5.10. The Morgan fingerprint density at radius 3 is 1.96 bits per heavy atom. The maximum absolute atomic E-state index is 2.51. The predicted molar refractivity (Wildman–Crippen MR) is 86.4 cm³/mol. The van der Waals surface area contributed by atoms with E-state index in [9.17, 15) is 0 Å².